The fourth-order valence-electron chi connectivity index (χ4n) is 2.25. The Kier molecular flexibility index (Phi) is 3.51. The van der Waals surface area contributed by atoms with E-state index in [-0.39, 0.29) is 11.7 Å². The van der Waals surface area contributed by atoms with Gasteiger partial charge in [-0.1, -0.05) is 6.07 Å². The van der Waals surface area contributed by atoms with Gasteiger partial charge in [0.05, 0.1) is 15.9 Å². The van der Waals surface area contributed by atoms with Gasteiger partial charge in [0.1, 0.15) is 5.82 Å². The summed E-state index contributed by atoms with van der Waals surface area (Å²) in [6, 6.07) is 12.8. The molecule has 0 unspecified atom stereocenters. The summed E-state index contributed by atoms with van der Waals surface area (Å²) in [5.41, 5.74) is 2.40. The van der Waals surface area contributed by atoms with Crippen molar-refractivity contribution in [1.29, 1.82) is 0 Å². The highest BCUT2D eigenvalue weighted by molar-refractivity contribution is 9.10. The Morgan fingerprint density at radius 3 is 2.91 bits per heavy atom. The lowest BCUT2D eigenvalue weighted by Crippen LogP contribution is -2.10. The van der Waals surface area contributed by atoms with Gasteiger partial charge in [-0.25, -0.2) is 4.98 Å². The third kappa shape index (κ3) is 2.80. The molecule has 0 saturated carbocycles. The van der Waals surface area contributed by atoms with Crippen molar-refractivity contribution in [3.63, 3.8) is 0 Å². The number of anilines is 1. The average Bonchev–Trinajstić information content (AvgIpc) is 3.26. The maximum atomic E-state index is 12.1. The number of benzene rings is 1. The van der Waals surface area contributed by atoms with Gasteiger partial charge in [-0.3, -0.25) is 4.79 Å². The molecule has 1 aromatic carbocycles. The molecule has 1 amide bonds. The van der Waals surface area contributed by atoms with Crippen molar-refractivity contribution in [2.24, 2.45) is 0 Å². The molecule has 0 aliphatic carbocycles. The van der Waals surface area contributed by atoms with Crippen LogP contribution in [0.4, 0.5) is 5.69 Å². The highest BCUT2D eigenvalue weighted by Gasteiger charge is 2.12. The third-order valence-electron chi connectivity index (χ3n) is 3.29. The molecule has 114 valence electrons. The first-order valence-corrected chi connectivity index (χ1v) is 8.47. The number of furan rings is 1. The minimum absolute atomic E-state index is 0.251. The molecule has 0 aliphatic heterocycles. The standard InChI is InChI=1S/C16H10BrN3O2S/c17-14-6-5-12(22-14)16(21)18-9-3-4-10-11(8-9)20-15(19-10)13-2-1-7-23-13/h1-8H,(H,18,21)(H,19,20). The highest BCUT2D eigenvalue weighted by atomic mass is 79.9. The van der Waals surface area contributed by atoms with Gasteiger partial charge >= 0.3 is 0 Å². The lowest BCUT2D eigenvalue weighted by atomic mass is 10.2. The van der Waals surface area contributed by atoms with E-state index in [0.29, 0.717) is 10.4 Å². The monoisotopic (exact) mass is 387 g/mol. The smallest absolute Gasteiger partial charge is 0.291 e. The number of nitrogens with zero attached hydrogens (tertiary/aromatic N) is 1. The van der Waals surface area contributed by atoms with E-state index in [0.717, 1.165) is 21.7 Å². The summed E-state index contributed by atoms with van der Waals surface area (Å²) >= 11 is 4.81. The Balaban J connectivity index is 1.62. The minimum Gasteiger partial charge on any atom is -0.444 e. The first-order valence-electron chi connectivity index (χ1n) is 6.79. The molecule has 2 N–H and O–H groups in total. The van der Waals surface area contributed by atoms with E-state index in [1.165, 1.54) is 0 Å². The Morgan fingerprint density at radius 1 is 1.26 bits per heavy atom. The maximum Gasteiger partial charge on any atom is 0.291 e. The molecule has 3 aromatic heterocycles. The van der Waals surface area contributed by atoms with E-state index in [9.17, 15) is 4.79 Å². The van der Waals surface area contributed by atoms with Crippen LogP contribution in [-0.4, -0.2) is 15.9 Å². The summed E-state index contributed by atoms with van der Waals surface area (Å²) in [4.78, 5) is 21.0. The van der Waals surface area contributed by atoms with E-state index >= 15 is 0 Å². The number of carbonyl (C=O) groups is 1. The minimum atomic E-state index is -0.298. The highest BCUT2D eigenvalue weighted by Crippen LogP contribution is 2.26. The van der Waals surface area contributed by atoms with Crippen molar-refractivity contribution in [2.45, 2.75) is 0 Å². The van der Waals surface area contributed by atoms with Crippen LogP contribution in [-0.2, 0) is 0 Å². The molecule has 4 aromatic rings. The molecule has 5 nitrogen and oxygen atoms in total. The van der Waals surface area contributed by atoms with Crippen LogP contribution < -0.4 is 5.32 Å². The number of carbonyl (C=O) groups excluding carboxylic acids is 1. The molecule has 23 heavy (non-hydrogen) atoms. The molecule has 0 fully saturated rings. The Labute approximate surface area is 143 Å². The van der Waals surface area contributed by atoms with Crippen molar-refractivity contribution < 1.29 is 9.21 Å². The summed E-state index contributed by atoms with van der Waals surface area (Å²) < 4.78 is 5.76. The second kappa shape index (κ2) is 5.68. The van der Waals surface area contributed by atoms with Crippen molar-refractivity contribution in [2.75, 3.05) is 5.32 Å². The second-order valence-electron chi connectivity index (χ2n) is 4.85. The van der Waals surface area contributed by atoms with Gasteiger partial charge in [0, 0.05) is 5.69 Å². The van der Waals surface area contributed by atoms with Crippen molar-refractivity contribution in [3.05, 3.63) is 58.3 Å². The van der Waals surface area contributed by atoms with Crippen LogP contribution in [0.1, 0.15) is 10.6 Å². The summed E-state index contributed by atoms with van der Waals surface area (Å²) in [6.45, 7) is 0. The van der Waals surface area contributed by atoms with Crippen LogP contribution in [0.25, 0.3) is 21.7 Å². The number of aromatic nitrogens is 2. The lowest BCUT2D eigenvalue weighted by molar-refractivity contribution is 0.0995. The first-order chi connectivity index (χ1) is 11.2. The number of hydrogen-bond donors (Lipinski definition) is 2. The number of amides is 1. The van der Waals surface area contributed by atoms with E-state index in [1.54, 1.807) is 23.5 Å². The summed E-state index contributed by atoms with van der Waals surface area (Å²) in [5.74, 6) is 0.780. The normalized spacial score (nSPS) is 11.0. The van der Waals surface area contributed by atoms with Gasteiger partial charge in [-0.05, 0) is 57.7 Å². The van der Waals surface area contributed by atoms with E-state index in [1.807, 2.05) is 35.7 Å². The molecular formula is C16H10BrN3O2S. The summed E-state index contributed by atoms with van der Waals surface area (Å²) in [7, 11) is 0. The van der Waals surface area contributed by atoms with Crippen LogP contribution >= 0.6 is 27.3 Å². The molecule has 0 bridgehead atoms. The van der Waals surface area contributed by atoms with Crippen molar-refractivity contribution in [1.82, 2.24) is 9.97 Å². The van der Waals surface area contributed by atoms with Crippen LogP contribution in [0.2, 0.25) is 0 Å². The maximum absolute atomic E-state index is 12.1. The second-order valence-corrected chi connectivity index (χ2v) is 6.58. The Morgan fingerprint density at radius 2 is 2.17 bits per heavy atom. The van der Waals surface area contributed by atoms with Gasteiger partial charge in [0.2, 0.25) is 0 Å². The van der Waals surface area contributed by atoms with Crippen LogP contribution in [0.15, 0.2) is 56.9 Å². The SMILES string of the molecule is O=C(Nc1ccc2nc(-c3cccs3)[nH]c2c1)c1ccc(Br)o1. The van der Waals surface area contributed by atoms with E-state index < -0.39 is 0 Å². The molecule has 0 spiro atoms. The largest absolute Gasteiger partial charge is 0.444 e. The van der Waals surface area contributed by atoms with Crippen LogP contribution in [0.5, 0.6) is 0 Å². The van der Waals surface area contributed by atoms with Gasteiger partial charge in [0.25, 0.3) is 5.91 Å². The van der Waals surface area contributed by atoms with Gasteiger partial charge in [-0.15, -0.1) is 11.3 Å². The number of nitrogens with one attached hydrogen (secondary N) is 2. The third-order valence-corrected chi connectivity index (χ3v) is 4.59. The van der Waals surface area contributed by atoms with Gasteiger partial charge in [-0.2, -0.15) is 0 Å². The molecular weight excluding hydrogens is 378 g/mol. The lowest BCUT2D eigenvalue weighted by Gasteiger charge is -2.02. The zero-order valence-electron chi connectivity index (χ0n) is 11.7. The molecule has 0 saturated heterocycles. The number of imidazole rings is 1. The number of rotatable bonds is 3. The number of halogens is 1. The van der Waals surface area contributed by atoms with E-state index in [4.69, 9.17) is 4.42 Å². The predicted molar refractivity (Wildman–Crippen MR) is 93.8 cm³/mol. The molecule has 3 heterocycles. The molecule has 0 radical (unpaired) electrons. The fourth-order valence-corrected chi connectivity index (χ4v) is 3.22. The summed E-state index contributed by atoms with van der Waals surface area (Å²) in [5, 5.41) is 4.82. The van der Waals surface area contributed by atoms with Crippen LogP contribution in [0, 0.1) is 0 Å². The number of hydrogen-bond acceptors (Lipinski definition) is 4. The Bertz CT molecular complexity index is 988. The predicted octanol–water partition coefficient (Wildman–Crippen LogP) is 4.90. The first kappa shape index (κ1) is 14.2. The van der Waals surface area contributed by atoms with Gasteiger partial charge in [0.15, 0.2) is 10.4 Å². The number of fused-ring (bicyclic) bond motifs is 1. The topological polar surface area (TPSA) is 70.9 Å². The molecule has 0 aliphatic rings. The number of H-pyrrole nitrogens is 1. The van der Waals surface area contributed by atoms with Crippen molar-refractivity contribution in [3.8, 4) is 10.7 Å². The van der Waals surface area contributed by atoms with Gasteiger partial charge < -0.3 is 14.7 Å². The van der Waals surface area contributed by atoms with E-state index in [2.05, 4.69) is 31.2 Å². The zero-order chi connectivity index (χ0) is 15.8. The molecule has 7 heteroatoms. The number of thiophene rings is 1. The zero-order valence-corrected chi connectivity index (χ0v) is 14.1. The fraction of sp³-hybridized carbons (Fsp3) is 0. The summed E-state index contributed by atoms with van der Waals surface area (Å²) in [6.07, 6.45) is 0. The number of aromatic amines is 1. The Hall–Kier alpha value is -2.38. The quantitative estimate of drug-likeness (QED) is 0.525. The van der Waals surface area contributed by atoms with Crippen LogP contribution in [0.3, 0.4) is 0 Å². The van der Waals surface area contributed by atoms with Crippen molar-refractivity contribution >= 4 is 49.9 Å². The molecule has 4 rings (SSSR count). The molecule has 0 atom stereocenters. The average molecular weight is 388 g/mol.